The normalized spacial score (nSPS) is 18.2. The molecule has 94 valence electrons. The van der Waals surface area contributed by atoms with E-state index in [1.165, 1.54) is 0 Å². The molecule has 0 saturated carbocycles. The van der Waals surface area contributed by atoms with Crippen LogP contribution in [0.4, 0.5) is 4.79 Å². The van der Waals surface area contributed by atoms with Crippen molar-refractivity contribution in [3.05, 3.63) is 35.9 Å². The summed E-state index contributed by atoms with van der Waals surface area (Å²) in [5.41, 5.74) is 1.11. The van der Waals surface area contributed by atoms with Crippen LogP contribution < -0.4 is 16.0 Å². The minimum Gasteiger partial charge on any atom is -0.334 e. The Morgan fingerprint density at radius 3 is 2.76 bits per heavy atom. The number of nitrogens with one attached hydrogen (secondary N) is 3. The van der Waals surface area contributed by atoms with Crippen LogP contribution in [0.1, 0.15) is 12.0 Å². The molecule has 1 atom stereocenters. The summed E-state index contributed by atoms with van der Waals surface area (Å²) in [4.78, 5) is 11.5. The molecule has 2 amide bonds. The highest BCUT2D eigenvalue weighted by Gasteiger charge is 2.15. The topological polar surface area (TPSA) is 53.2 Å². The smallest absolute Gasteiger partial charge is 0.315 e. The molecule has 1 heterocycles. The van der Waals surface area contributed by atoms with Crippen LogP contribution in [0.2, 0.25) is 0 Å². The first-order chi connectivity index (χ1) is 7.84. The van der Waals surface area contributed by atoms with Crippen LogP contribution in [0, 0.1) is 0 Å². The van der Waals surface area contributed by atoms with Crippen molar-refractivity contribution >= 4 is 18.4 Å². The summed E-state index contributed by atoms with van der Waals surface area (Å²) in [5.74, 6) is 0. The van der Waals surface area contributed by atoms with Gasteiger partial charge in [-0.1, -0.05) is 30.3 Å². The van der Waals surface area contributed by atoms with Gasteiger partial charge in [-0.2, -0.15) is 0 Å². The number of carbonyl (C=O) groups excluding carboxylic acids is 1. The van der Waals surface area contributed by atoms with Crippen LogP contribution in [-0.4, -0.2) is 25.2 Å². The van der Waals surface area contributed by atoms with Gasteiger partial charge in [0.2, 0.25) is 0 Å². The van der Waals surface area contributed by atoms with Crippen LogP contribution >= 0.6 is 12.4 Å². The summed E-state index contributed by atoms with van der Waals surface area (Å²) < 4.78 is 0. The molecule has 1 aromatic rings. The second kappa shape index (κ2) is 7.14. The van der Waals surface area contributed by atoms with Crippen molar-refractivity contribution in [2.45, 2.75) is 19.0 Å². The Labute approximate surface area is 108 Å². The summed E-state index contributed by atoms with van der Waals surface area (Å²) in [6, 6.07) is 10.1. The lowest BCUT2D eigenvalue weighted by Crippen LogP contribution is -2.42. The molecule has 0 spiro atoms. The van der Waals surface area contributed by atoms with Gasteiger partial charge >= 0.3 is 6.03 Å². The molecule has 2 rings (SSSR count). The molecule has 17 heavy (non-hydrogen) atoms. The summed E-state index contributed by atoms with van der Waals surface area (Å²) in [6.07, 6.45) is 1.01. The maximum absolute atomic E-state index is 11.5. The van der Waals surface area contributed by atoms with Crippen LogP contribution in [0.5, 0.6) is 0 Å². The third kappa shape index (κ3) is 4.63. The fourth-order valence-electron chi connectivity index (χ4n) is 1.79. The fourth-order valence-corrected chi connectivity index (χ4v) is 1.79. The van der Waals surface area contributed by atoms with Crippen molar-refractivity contribution in [1.82, 2.24) is 16.0 Å². The van der Waals surface area contributed by atoms with E-state index in [2.05, 4.69) is 16.0 Å². The number of amides is 2. The van der Waals surface area contributed by atoms with Crippen LogP contribution in [0.15, 0.2) is 30.3 Å². The Bertz CT molecular complexity index is 339. The van der Waals surface area contributed by atoms with Crippen molar-refractivity contribution < 1.29 is 4.79 Å². The number of rotatable bonds is 3. The number of hydrogen-bond donors (Lipinski definition) is 3. The van der Waals surface area contributed by atoms with E-state index in [0.717, 1.165) is 25.1 Å². The second-order valence-electron chi connectivity index (χ2n) is 4.00. The number of urea groups is 1. The Balaban J connectivity index is 0.00000144. The van der Waals surface area contributed by atoms with E-state index in [-0.39, 0.29) is 24.5 Å². The van der Waals surface area contributed by atoms with E-state index in [1.807, 2.05) is 30.3 Å². The molecule has 1 aliphatic heterocycles. The van der Waals surface area contributed by atoms with Gasteiger partial charge in [-0.15, -0.1) is 12.4 Å². The third-order valence-corrected chi connectivity index (χ3v) is 2.69. The lowest BCUT2D eigenvalue weighted by molar-refractivity contribution is 0.237. The molecule has 0 bridgehead atoms. The monoisotopic (exact) mass is 255 g/mol. The van der Waals surface area contributed by atoms with Gasteiger partial charge in [0.25, 0.3) is 0 Å². The van der Waals surface area contributed by atoms with Crippen LogP contribution in [0.25, 0.3) is 0 Å². The molecule has 1 aliphatic rings. The number of carbonyl (C=O) groups is 1. The molecule has 1 saturated heterocycles. The maximum Gasteiger partial charge on any atom is 0.315 e. The largest absolute Gasteiger partial charge is 0.334 e. The minimum absolute atomic E-state index is 0. The molecule has 1 unspecified atom stereocenters. The summed E-state index contributed by atoms with van der Waals surface area (Å²) in [6.45, 7) is 2.44. The lowest BCUT2D eigenvalue weighted by atomic mass is 10.2. The zero-order chi connectivity index (χ0) is 11.2. The van der Waals surface area contributed by atoms with Crippen molar-refractivity contribution in [1.29, 1.82) is 0 Å². The zero-order valence-electron chi connectivity index (χ0n) is 9.61. The van der Waals surface area contributed by atoms with Crippen molar-refractivity contribution in [2.24, 2.45) is 0 Å². The molecule has 0 aromatic heterocycles. The van der Waals surface area contributed by atoms with E-state index in [9.17, 15) is 4.79 Å². The Morgan fingerprint density at radius 1 is 1.35 bits per heavy atom. The first-order valence-corrected chi connectivity index (χ1v) is 5.63. The van der Waals surface area contributed by atoms with Gasteiger partial charge < -0.3 is 16.0 Å². The van der Waals surface area contributed by atoms with Gasteiger partial charge in [0.1, 0.15) is 0 Å². The van der Waals surface area contributed by atoms with E-state index in [0.29, 0.717) is 6.54 Å². The standard InChI is InChI=1S/C12H17N3O.ClH/c16-12(15-11-6-7-13-9-11)14-8-10-4-2-1-3-5-10;/h1-5,11,13H,6-9H2,(H2,14,15,16);1H. The molecule has 0 aliphatic carbocycles. The van der Waals surface area contributed by atoms with E-state index >= 15 is 0 Å². The van der Waals surface area contributed by atoms with Gasteiger partial charge in [0.05, 0.1) is 0 Å². The van der Waals surface area contributed by atoms with Crippen LogP contribution in [-0.2, 0) is 6.54 Å². The van der Waals surface area contributed by atoms with Gasteiger partial charge in [-0.25, -0.2) is 4.79 Å². The molecule has 3 N–H and O–H groups in total. The molecule has 1 fully saturated rings. The van der Waals surface area contributed by atoms with Crippen molar-refractivity contribution in [2.75, 3.05) is 13.1 Å². The Morgan fingerprint density at radius 2 is 2.12 bits per heavy atom. The van der Waals surface area contributed by atoms with Gasteiger partial charge in [0, 0.05) is 19.1 Å². The fraction of sp³-hybridized carbons (Fsp3) is 0.417. The summed E-state index contributed by atoms with van der Waals surface area (Å²) in [5, 5.41) is 8.99. The minimum atomic E-state index is -0.0856. The molecule has 0 radical (unpaired) electrons. The van der Waals surface area contributed by atoms with Gasteiger partial charge in [0.15, 0.2) is 0 Å². The van der Waals surface area contributed by atoms with Gasteiger partial charge in [-0.05, 0) is 18.5 Å². The van der Waals surface area contributed by atoms with Crippen LogP contribution in [0.3, 0.4) is 0 Å². The Hall–Kier alpha value is -1.26. The molecule has 1 aromatic carbocycles. The van der Waals surface area contributed by atoms with Crippen molar-refractivity contribution in [3.63, 3.8) is 0 Å². The Kier molecular flexibility index (Phi) is 5.80. The molecule has 4 nitrogen and oxygen atoms in total. The molecule has 5 heteroatoms. The van der Waals surface area contributed by atoms with E-state index in [4.69, 9.17) is 0 Å². The predicted molar refractivity (Wildman–Crippen MR) is 70.3 cm³/mol. The maximum atomic E-state index is 11.5. The second-order valence-corrected chi connectivity index (χ2v) is 4.00. The number of hydrogen-bond acceptors (Lipinski definition) is 2. The first kappa shape index (κ1) is 13.8. The molecular formula is C12H18ClN3O. The highest BCUT2D eigenvalue weighted by Crippen LogP contribution is 1.98. The molecular weight excluding hydrogens is 238 g/mol. The highest BCUT2D eigenvalue weighted by atomic mass is 35.5. The third-order valence-electron chi connectivity index (χ3n) is 2.69. The highest BCUT2D eigenvalue weighted by molar-refractivity contribution is 5.85. The quantitative estimate of drug-likeness (QED) is 0.762. The first-order valence-electron chi connectivity index (χ1n) is 5.63. The lowest BCUT2D eigenvalue weighted by Gasteiger charge is -2.12. The SMILES string of the molecule is Cl.O=C(NCc1ccccc1)NC1CCNC1. The number of benzene rings is 1. The van der Waals surface area contributed by atoms with Gasteiger partial charge in [-0.3, -0.25) is 0 Å². The van der Waals surface area contributed by atoms with E-state index in [1.54, 1.807) is 0 Å². The average molecular weight is 256 g/mol. The predicted octanol–water partition coefficient (Wildman–Crippen LogP) is 1.27. The number of halogens is 1. The van der Waals surface area contributed by atoms with E-state index < -0.39 is 0 Å². The average Bonchev–Trinajstić information content (AvgIpc) is 2.81. The summed E-state index contributed by atoms with van der Waals surface area (Å²) in [7, 11) is 0. The van der Waals surface area contributed by atoms with Crippen molar-refractivity contribution in [3.8, 4) is 0 Å². The zero-order valence-corrected chi connectivity index (χ0v) is 10.4. The summed E-state index contributed by atoms with van der Waals surface area (Å²) >= 11 is 0.